The highest BCUT2D eigenvalue weighted by Gasteiger charge is 2.18. The molecule has 0 saturated carbocycles. The van der Waals surface area contributed by atoms with Crippen LogP contribution < -0.4 is 4.90 Å². The van der Waals surface area contributed by atoms with Gasteiger partial charge in [-0.1, -0.05) is 143 Å². The number of aromatic nitrogens is 3. The predicted octanol–water partition coefficient (Wildman–Crippen LogP) is 16.9. The van der Waals surface area contributed by atoms with Crippen molar-refractivity contribution in [3.8, 4) is 17.1 Å². The summed E-state index contributed by atoms with van der Waals surface area (Å²) in [6.07, 6.45) is 1.25. The molecular formula is C59H50N4. The molecule has 0 aliphatic heterocycles. The number of anilines is 3. The van der Waals surface area contributed by atoms with Gasteiger partial charge in [0.2, 0.25) is 0 Å². The zero-order chi connectivity index (χ0) is 42.9. The van der Waals surface area contributed by atoms with Crippen LogP contribution in [0.5, 0.6) is 0 Å². The molecule has 0 fully saturated rings. The van der Waals surface area contributed by atoms with Gasteiger partial charge in [-0.25, -0.2) is 0 Å². The Kier molecular flexibility index (Phi) is 10.6. The molecule has 0 aliphatic carbocycles. The van der Waals surface area contributed by atoms with Gasteiger partial charge in [-0.05, 0) is 109 Å². The second-order valence-corrected chi connectivity index (χ2v) is 15.7. The fraction of sp³-hybridized carbons (Fsp3) is 0.0847. The van der Waals surface area contributed by atoms with Crippen LogP contribution in [0.25, 0.3) is 82.5 Å². The molecule has 0 spiro atoms. The summed E-state index contributed by atoms with van der Waals surface area (Å²) in [7, 11) is 0. The standard InChI is InChI=1S/C54H36N4.C3H8.C2H6/c1-7-19-49-43(13-1)44-14-2-8-20-50(44)56(49)40-31-25-37(26-32-40)55(38-27-33-41(34-28-38)57-51-21-9-3-15-45(51)46-16-4-10-22-52(46)57)39-29-35-42(36-30-39)58-53-23-11-5-17-47(53)48-18-6-12-24-54(48)58;1-3-2;1-2/h1-36H;3H2,1-2H3;1-2H3. The average molecular weight is 815 g/mol. The van der Waals surface area contributed by atoms with E-state index in [0.29, 0.717) is 0 Å². The molecule has 0 atom stereocenters. The normalized spacial score (nSPS) is 11.2. The van der Waals surface area contributed by atoms with Crippen molar-refractivity contribution in [3.05, 3.63) is 218 Å². The summed E-state index contributed by atoms with van der Waals surface area (Å²) in [5.74, 6) is 0. The second kappa shape index (κ2) is 16.9. The minimum absolute atomic E-state index is 1.08. The zero-order valence-electron chi connectivity index (χ0n) is 36.3. The summed E-state index contributed by atoms with van der Waals surface area (Å²) < 4.78 is 7.12. The van der Waals surface area contributed by atoms with Gasteiger partial charge in [0.15, 0.2) is 0 Å². The fourth-order valence-corrected chi connectivity index (χ4v) is 9.30. The summed E-state index contributed by atoms with van der Waals surface area (Å²) >= 11 is 0. The molecule has 306 valence electrons. The lowest BCUT2D eigenvalue weighted by atomic mass is 10.1. The van der Waals surface area contributed by atoms with E-state index in [0.717, 1.165) is 34.1 Å². The monoisotopic (exact) mass is 814 g/mol. The Morgan fingerprint density at radius 2 is 0.444 bits per heavy atom. The van der Waals surface area contributed by atoms with Crippen LogP contribution in [0.4, 0.5) is 17.1 Å². The molecule has 4 heteroatoms. The third-order valence-electron chi connectivity index (χ3n) is 11.8. The van der Waals surface area contributed by atoms with E-state index in [9.17, 15) is 0 Å². The Bertz CT molecular complexity index is 2980. The van der Waals surface area contributed by atoms with Crippen LogP contribution >= 0.6 is 0 Å². The molecule has 0 bridgehead atoms. The van der Waals surface area contributed by atoms with Crippen LogP contribution in [-0.4, -0.2) is 13.7 Å². The molecule has 9 aromatic carbocycles. The summed E-state index contributed by atoms with van der Waals surface area (Å²) in [5, 5.41) is 7.56. The minimum atomic E-state index is 1.08. The quantitative estimate of drug-likeness (QED) is 0.164. The number of fused-ring (bicyclic) bond motifs is 9. The van der Waals surface area contributed by atoms with Gasteiger partial charge in [0.25, 0.3) is 0 Å². The number of nitrogens with zero attached hydrogens (tertiary/aromatic N) is 4. The van der Waals surface area contributed by atoms with Crippen molar-refractivity contribution in [2.75, 3.05) is 4.90 Å². The second-order valence-electron chi connectivity index (χ2n) is 15.7. The van der Waals surface area contributed by atoms with Gasteiger partial charge in [0, 0.05) is 66.4 Å². The van der Waals surface area contributed by atoms with Crippen molar-refractivity contribution in [3.63, 3.8) is 0 Å². The van der Waals surface area contributed by atoms with Crippen LogP contribution in [0.1, 0.15) is 34.1 Å². The average Bonchev–Trinajstić information content (AvgIpc) is 3.99. The highest BCUT2D eigenvalue weighted by atomic mass is 15.1. The van der Waals surface area contributed by atoms with Gasteiger partial charge in [-0.2, -0.15) is 0 Å². The van der Waals surface area contributed by atoms with Gasteiger partial charge in [-0.15, -0.1) is 0 Å². The highest BCUT2D eigenvalue weighted by Crippen LogP contribution is 2.40. The third-order valence-corrected chi connectivity index (χ3v) is 11.8. The first kappa shape index (κ1) is 39.3. The van der Waals surface area contributed by atoms with E-state index in [1.807, 2.05) is 13.8 Å². The van der Waals surface area contributed by atoms with Gasteiger partial charge < -0.3 is 18.6 Å². The summed E-state index contributed by atoms with van der Waals surface area (Å²) in [4.78, 5) is 2.36. The van der Waals surface area contributed by atoms with E-state index in [1.165, 1.54) is 71.8 Å². The highest BCUT2D eigenvalue weighted by molar-refractivity contribution is 6.11. The summed E-state index contributed by atoms with van der Waals surface area (Å²) in [6, 6.07) is 79.1. The van der Waals surface area contributed by atoms with Gasteiger partial charge in [-0.3, -0.25) is 0 Å². The molecule has 0 N–H and O–H groups in total. The van der Waals surface area contributed by atoms with Crippen molar-refractivity contribution < 1.29 is 0 Å². The topological polar surface area (TPSA) is 18.0 Å². The van der Waals surface area contributed by atoms with Gasteiger partial charge in [0.05, 0.1) is 33.1 Å². The number of hydrogen-bond donors (Lipinski definition) is 0. The number of rotatable bonds is 6. The molecule has 0 unspecified atom stereocenters. The van der Waals surface area contributed by atoms with Crippen molar-refractivity contribution in [1.29, 1.82) is 0 Å². The Balaban J connectivity index is 0.000000907. The first-order valence-electron chi connectivity index (χ1n) is 22.3. The van der Waals surface area contributed by atoms with E-state index in [4.69, 9.17) is 0 Å². The molecule has 3 aromatic heterocycles. The molecule has 0 saturated heterocycles. The lowest BCUT2D eigenvalue weighted by Crippen LogP contribution is -2.10. The number of benzene rings is 9. The van der Waals surface area contributed by atoms with E-state index in [-0.39, 0.29) is 0 Å². The molecule has 12 rings (SSSR count). The van der Waals surface area contributed by atoms with E-state index in [1.54, 1.807) is 0 Å². The predicted molar refractivity (Wildman–Crippen MR) is 271 cm³/mol. The Morgan fingerprint density at radius 3 is 0.635 bits per heavy atom. The van der Waals surface area contributed by atoms with Gasteiger partial charge in [0.1, 0.15) is 0 Å². The van der Waals surface area contributed by atoms with Crippen molar-refractivity contribution in [2.24, 2.45) is 0 Å². The smallest absolute Gasteiger partial charge is 0.0541 e. The lowest BCUT2D eigenvalue weighted by Gasteiger charge is -2.26. The van der Waals surface area contributed by atoms with E-state index < -0.39 is 0 Å². The first-order valence-corrected chi connectivity index (χ1v) is 22.3. The van der Waals surface area contributed by atoms with Crippen LogP contribution in [-0.2, 0) is 0 Å². The van der Waals surface area contributed by atoms with Crippen molar-refractivity contribution >= 4 is 82.5 Å². The molecule has 0 radical (unpaired) electrons. The Labute approximate surface area is 369 Å². The maximum atomic E-state index is 2.37. The third kappa shape index (κ3) is 6.72. The largest absolute Gasteiger partial charge is 0.310 e. The zero-order valence-corrected chi connectivity index (χ0v) is 36.3. The molecule has 0 amide bonds. The first-order chi connectivity index (χ1) is 31.2. The van der Waals surface area contributed by atoms with Crippen molar-refractivity contribution in [1.82, 2.24) is 13.7 Å². The van der Waals surface area contributed by atoms with Crippen molar-refractivity contribution in [2.45, 2.75) is 34.1 Å². The molecule has 4 nitrogen and oxygen atoms in total. The van der Waals surface area contributed by atoms with Crippen LogP contribution in [0.2, 0.25) is 0 Å². The lowest BCUT2D eigenvalue weighted by molar-refractivity contribution is 1.09. The summed E-state index contributed by atoms with van der Waals surface area (Å²) in [6.45, 7) is 8.25. The minimum Gasteiger partial charge on any atom is -0.310 e. The Morgan fingerprint density at radius 1 is 0.270 bits per heavy atom. The number of para-hydroxylation sites is 6. The molecule has 63 heavy (non-hydrogen) atoms. The van der Waals surface area contributed by atoms with Crippen LogP contribution in [0.3, 0.4) is 0 Å². The number of hydrogen-bond acceptors (Lipinski definition) is 1. The maximum absolute atomic E-state index is 2.37. The van der Waals surface area contributed by atoms with Gasteiger partial charge >= 0.3 is 0 Å². The maximum Gasteiger partial charge on any atom is 0.0541 e. The molecule has 3 heterocycles. The van der Waals surface area contributed by atoms with Crippen LogP contribution in [0, 0.1) is 0 Å². The van der Waals surface area contributed by atoms with Crippen LogP contribution in [0.15, 0.2) is 218 Å². The van der Waals surface area contributed by atoms with E-state index in [2.05, 4.69) is 251 Å². The molecule has 12 aromatic rings. The molecule has 0 aliphatic rings. The summed E-state index contributed by atoms with van der Waals surface area (Å²) in [5.41, 5.74) is 13.9. The Hall–Kier alpha value is -7.82. The molecular weight excluding hydrogens is 765 g/mol. The fourth-order valence-electron chi connectivity index (χ4n) is 9.30. The SMILES string of the molecule is CC.CCC.c1ccc2c(c1)c1ccccc1n2-c1ccc(N(c2ccc(-n3c4ccccc4c4ccccc43)cc2)c2ccc(-n3c4ccccc4c4ccccc43)cc2)cc1. The van der Waals surface area contributed by atoms with E-state index >= 15 is 0 Å².